The first-order chi connectivity index (χ1) is 12.3. The molecule has 4 heteroatoms. The molecule has 1 unspecified atom stereocenters. The van der Waals surface area contributed by atoms with E-state index in [1.165, 1.54) is 5.56 Å². The lowest BCUT2D eigenvalue weighted by Gasteiger charge is -2.22. The van der Waals surface area contributed by atoms with Crippen LogP contribution in [0.1, 0.15) is 28.3 Å². The van der Waals surface area contributed by atoms with Gasteiger partial charge in [-0.3, -0.25) is 4.99 Å². The van der Waals surface area contributed by atoms with Crippen LogP contribution in [0.3, 0.4) is 0 Å². The van der Waals surface area contributed by atoms with Crippen LogP contribution in [0.15, 0.2) is 83.9 Å². The third-order valence-corrected chi connectivity index (χ3v) is 4.51. The van der Waals surface area contributed by atoms with Crippen LogP contribution in [0.5, 0.6) is 5.75 Å². The van der Waals surface area contributed by atoms with Gasteiger partial charge in [-0.25, -0.2) is 0 Å². The van der Waals surface area contributed by atoms with Crippen molar-refractivity contribution in [3.05, 3.63) is 101 Å². The summed E-state index contributed by atoms with van der Waals surface area (Å²) in [5, 5.41) is 0. The number of aliphatic imine (C=N–C) groups is 1. The Balaban J connectivity index is 0.00000196. The SMILES string of the molecule is Cl.NC1=NC(c2ccc(OCc3ccccc3)cc2)Cc2ccccc21. The molecule has 1 atom stereocenters. The summed E-state index contributed by atoms with van der Waals surface area (Å²) in [4.78, 5) is 4.67. The summed E-state index contributed by atoms with van der Waals surface area (Å²) >= 11 is 0. The van der Waals surface area contributed by atoms with Crippen LogP contribution in [0.2, 0.25) is 0 Å². The van der Waals surface area contributed by atoms with Gasteiger partial charge in [0.05, 0.1) is 6.04 Å². The van der Waals surface area contributed by atoms with Crippen molar-refractivity contribution in [3.63, 3.8) is 0 Å². The third kappa shape index (κ3) is 3.89. The van der Waals surface area contributed by atoms with Crippen molar-refractivity contribution in [3.8, 4) is 5.75 Å². The van der Waals surface area contributed by atoms with Gasteiger partial charge in [0, 0.05) is 5.56 Å². The first-order valence-electron chi connectivity index (χ1n) is 8.48. The minimum absolute atomic E-state index is 0. The predicted octanol–water partition coefficient (Wildman–Crippen LogP) is 4.69. The molecule has 1 aliphatic heterocycles. The molecule has 0 saturated heterocycles. The Labute approximate surface area is 160 Å². The van der Waals surface area contributed by atoms with Gasteiger partial charge in [-0.2, -0.15) is 0 Å². The quantitative estimate of drug-likeness (QED) is 0.730. The molecule has 2 N–H and O–H groups in total. The maximum atomic E-state index is 6.14. The lowest BCUT2D eigenvalue weighted by atomic mass is 9.92. The number of nitrogens with zero attached hydrogens (tertiary/aromatic N) is 1. The lowest BCUT2D eigenvalue weighted by Crippen LogP contribution is -2.22. The second kappa shape index (κ2) is 8.07. The van der Waals surface area contributed by atoms with Gasteiger partial charge in [0.25, 0.3) is 0 Å². The lowest BCUT2D eigenvalue weighted by molar-refractivity contribution is 0.306. The maximum absolute atomic E-state index is 6.14. The van der Waals surface area contributed by atoms with Gasteiger partial charge in [0.2, 0.25) is 0 Å². The van der Waals surface area contributed by atoms with Crippen LogP contribution in [0.4, 0.5) is 0 Å². The van der Waals surface area contributed by atoms with E-state index in [1.54, 1.807) is 0 Å². The molecule has 0 spiro atoms. The summed E-state index contributed by atoms with van der Waals surface area (Å²) in [6.07, 6.45) is 0.876. The fourth-order valence-corrected chi connectivity index (χ4v) is 3.16. The Morgan fingerprint density at radius 2 is 1.58 bits per heavy atom. The number of amidine groups is 1. The molecule has 3 aromatic rings. The molecule has 0 saturated carbocycles. The monoisotopic (exact) mass is 364 g/mol. The zero-order valence-corrected chi connectivity index (χ0v) is 15.2. The molecule has 0 amide bonds. The fourth-order valence-electron chi connectivity index (χ4n) is 3.16. The van der Waals surface area contributed by atoms with Crippen molar-refractivity contribution in [2.75, 3.05) is 0 Å². The summed E-state index contributed by atoms with van der Waals surface area (Å²) in [6.45, 7) is 0.572. The fraction of sp³-hybridized carbons (Fsp3) is 0.136. The number of hydrogen-bond acceptors (Lipinski definition) is 3. The molecule has 0 fully saturated rings. The first-order valence-corrected chi connectivity index (χ1v) is 8.48. The van der Waals surface area contributed by atoms with E-state index < -0.39 is 0 Å². The van der Waals surface area contributed by atoms with Crippen molar-refractivity contribution in [1.82, 2.24) is 0 Å². The molecule has 0 bridgehead atoms. The van der Waals surface area contributed by atoms with E-state index in [1.807, 2.05) is 42.5 Å². The highest BCUT2D eigenvalue weighted by molar-refractivity contribution is 5.99. The Morgan fingerprint density at radius 3 is 2.35 bits per heavy atom. The normalized spacial score (nSPS) is 15.4. The standard InChI is InChI=1S/C22H20N2O.ClH/c23-22-20-9-5-4-8-18(20)14-21(24-22)17-10-12-19(13-11-17)25-15-16-6-2-1-3-7-16;/h1-13,21H,14-15H2,(H2,23,24);1H. The van der Waals surface area contributed by atoms with Gasteiger partial charge in [0.15, 0.2) is 0 Å². The Bertz CT molecular complexity index is 892. The van der Waals surface area contributed by atoms with E-state index in [0.717, 1.165) is 28.9 Å². The van der Waals surface area contributed by atoms with E-state index in [9.17, 15) is 0 Å². The summed E-state index contributed by atoms with van der Waals surface area (Å²) in [5.74, 6) is 1.48. The summed E-state index contributed by atoms with van der Waals surface area (Å²) in [6, 6.07) is 26.6. The Morgan fingerprint density at radius 1 is 0.885 bits per heavy atom. The van der Waals surface area contributed by atoms with Crippen LogP contribution in [-0.4, -0.2) is 5.84 Å². The molecular formula is C22H21ClN2O. The molecule has 0 radical (unpaired) electrons. The number of ether oxygens (including phenoxy) is 1. The molecule has 0 aliphatic carbocycles. The predicted molar refractivity (Wildman–Crippen MR) is 108 cm³/mol. The molecular weight excluding hydrogens is 344 g/mol. The van der Waals surface area contributed by atoms with Crippen molar-refractivity contribution >= 4 is 18.2 Å². The molecule has 1 heterocycles. The van der Waals surface area contributed by atoms with Gasteiger partial charge in [-0.15, -0.1) is 12.4 Å². The van der Waals surface area contributed by atoms with Crippen molar-refractivity contribution in [1.29, 1.82) is 0 Å². The zero-order valence-electron chi connectivity index (χ0n) is 14.3. The molecule has 132 valence electrons. The van der Waals surface area contributed by atoms with Crippen LogP contribution >= 0.6 is 12.4 Å². The average molecular weight is 365 g/mol. The summed E-state index contributed by atoms with van der Waals surface area (Å²) in [7, 11) is 0. The molecule has 4 rings (SSSR count). The largest absolute Gasteiger partial charge is 0.489 e. The average Bonchev–Trinajstić information content (AvgIpc) is 2.68. The number of halogens is 1. The first kappa shape index (κ1) is 18.0. The second-order valence-corrected chi connectivity index (χ2v) is 6.23. The van der Waals surface area contributed by atoms with Crippen molar-refractivity contribution in [2.45, 2.75) is 19.1 Å². The van der Waals surface area contributed by atoms with Gasteiger partial charge in [0.1, 0.15) is 18.2 Å². The molecule has 0 aromatic heterocycles. The van der Waals surface area contributed by atoms with E-state index in [0.29, 0.717) is 12.4 Å². The molecule has 3 aromatic carbocycles. The van der Waals surface area contributed by atoms with Crippen LogP contribution in [0.25, 0.3) is 0 Å². The Hall–Kier alpha value is -2.78. The van der Waals surface area contributed by atoms with E-state index in [-0.39, 0.29) is 18.4 Å². The van der Waals surface area contributed by atoms with Gasteiger partial charge in [-0.1, -0.05) is 66.7 Å². The smallest absolute Gasteiger partial charge is 0.126 e. The van der Waals surface area contributed by atoms with E-state index in [4.69, 9.17) is 10.5 Å². The van der Waals surface area contributed by atoms with Crippen molar-refractivity contribution in [2.24, 2.45) is 10.7 Å². The van der Waals surface area contributed by atoms with Gasteiger partial charge >= 0.3 is 0 Å². The Kier molecular flexibility index (Phi) is 5.59. The highest BCUT2D eigenvalue weighted by atomic mass is 35.5. The highest BCUT2D eigenvalue weighted by Crippen LogP contribution is 2.29. The maximum Gasteiger partial charge on any atom is 0.126 e. The van der Waals surface area contributed by atoms with E-state index in [2.05, 4.69) is 41.4 Å². The van der Waals surface area contributed by atoms with Gasteiger partial charge < -0.3 is 10.5 Å². The highest BCUT2D eigenvalue weighted by Gasteiger charge is 2.20. The summed E-state index contributed by atoms with van der Waals surface area (Å²) in [5.41, 5.74) is 10.8. The molecule has 1 aliphatic rings. The number of rotatable bonds is 4. The topological polar surface area (TPSA) is 47.6 Å². The van der Waals surface area contributed by atoms with E-state index >= 15 is 0 Å². The third-order valence-electron chi connectivity index (χ3n) is 4.51. The molecule has 26 heavy (non-hydrogen) atoms. The van der Waals surface area contributed by atoms with Gasteiger partial charge in [-0.05, 0) is 35.2 Å². The van der Waals surface area contributed by atoms with Crippen LogP contribution in [-0.2, 0) is 13.0 Å². The van der Waals surface area contributed by atoms with Crippen LogP contribution < -0.4 is 10.5 Å². The summed E-state index contributed by atoms with van der Waals surface area (Å²) < 4.78 is 5.85. The second-order valence-electron chi connectivity index (χ2n) is 6.23. The zero-order chi connectivity index (χ0) is 17.1. The van der Waals surface area contributed by atoms with Crippen LogP contribution in [0, 0.1) is 0 Å². The number of benzene rings is 3. The molecule has 3 nitrogen and oxygen atoms in total. The minimum Gasteiger partial charge on any atom is -0.489 e. The number of hydrogen-bond donors (Lipinski definition) is 1. The van der Waals surface area contributed by atoms with Crippen molar-refractivity contribution < 1.29 is 4.74 Å². The minimum atomic E-state index is 0. The number of nitrogens with two attached hydrogens (primary N) is 1. The number of fused-ring (bicyclic) bond motifs is 1.